The highest BCUT2D eigenvalue weighted by molar-refractivity contribution is 9.10. The number of nitrogens with zero attached hydrogens (tertiary/aromatic N) is 2. The van der Waals surface area contributed by atoms with Crippen LogP contribution in [0.15, 0.2) is 33.3 Å². The fourth-order valence-corrected chi connectivity index (χ4v) is 2.10. The van der Waals surface area contributed by atoms with Gasteiger partial charge in [0.15, 0.2) is 0 Å². The highest BCUT2D eigenvalue weighted by Crippen LogP contribution is 2.26. The smallest absolute Gasteiger partial charge is 0.223 e. The quantitative estimate of drug-likeness (QED) is 0.735. The van der Waals surface area contributed by atoms with Gasteiger partial charge in [0.1, 0.15) is 16.2 Å². The van der Waals surface area contributed by atoms with Crippen molar-refractivity contribution in [1.82, 2.24) is 9.97 Å². The molecule has 0 aliphatic heterocycles. The fourth-order valence-electron chi connectivity index (χ4n) is 1.45. The first kappa shape index (κ1) is 13.5. The third-order valence-corrected chi connectivity index (χ3v) is 3.68. The molecule has 0 bridgehead atoms. The third kappa shape index (κ3) is 3.29. The van der Waals surface area contributed by atoms with Gasteiger partial charge in [-0.25, -0.2) is 4.98 Å². The molecule has 0 atom stereocenters. The van der Waals surface area contributed by atoms with E-state index in [1.807, 2.05) is 32.0 Å². The molecule has 5 heteroatoms. The lowest BCUT2D eigenvalue weighted by Gasteiger charge is -2.07. The highest BCUT2D eigenvalue weighted by Gasteiger charge is 2.05. The van der Waals surface area contributed by atoms with E-state index in [0.29, 0.717) is 5.88 Å². The van der Waals surface area contributed by atoms with E-state index in [-0.39, 0.29) is 0 Å². The predicted octanol–water partition coefficient (Wildman–Crippen LogP) is 4.66. The van der Waals surface area contributed by atoms with Crippen molar-refractivity contribution in [2.24, 2.45) is 0 Å². The van der Waals surface area contributed by atoms with Crippen LogP contribution in [-0.2, 0) is 6.42 Å². The average molecular weight is 372 g/mol. The Bertz CT molecular complexity index is 573. The Morgan fingerprint density at radius 2 is 1.94 bits per heavy atom. The number of hydrogen-bond acceptors (Lipinski definition) is 3. The lowest BCUT2D eigenvalue weighted by atomic mass is 10.2. The van der Waals surface area contributed by atoms with E-state index in [0.717, 1.165) is 32.6 Å². The van der Waals surface area contributed by atoms with E-state index in [4.69, 9.17) is 4.74 Å². The molecule has 18 heavy (non-hydrogen) atoms. The van der Waals surface area contributed by atoms with Crippen LogP contribution in [0.3, 0.4) is 0 Å². The normalized spacial score (nSPS) is 10.4. The number of halogens is 2. The maximum absolute atomic E-state index is 5.74. The van der Waals surface area contributed by atoms with Crippen molar-refractivity contribution in [1.29, 1.82) is 0 Å². The van der Waals surface area contributed by atoms with Crippen LogP contribution in [0, 0.1) is 6.92 Å². The summed E-state index contributed by atoms with van der Waals surface area (Å²) in [6.07, 6.45) is 0.773. The summed E-state index contributed by atoms with van der Waals surface area (Å²) in [6.45, 7) is 4.03. The number of rotatable bonds is 3. The zero-order valence-corrected chi connectivity index (χ0v) is 13.2. The number of ether oxygens (including phenoxy) is 1. The second-order valence-corrected chi connectivity index (χ2v) is 5.48. The zero-order valence-electron chi connectivity index (χ0n) is 10.1. The Kier molecular flexibility index (Phi) is 4.35. The number of benzene rings is 1. The molecule has 0 unspecified atom stereocenters. The first-order valence-corrected chi connectivity index (χ1v) is 7.14. The summed E-state index contributed by atoms with van der Waals surface area (Å²) in [7, 11) is 0. The second kappa shape index (κ2) is 5.80. The zero-order chi connectivity index (χ0) is 13.1. The fraction of sp³-hybridized carbons (Fsp3) is 0.231. The van der Waals surface area contributed by atoms with Gasteiger partial charge in [-0.05, 0) is 46.6 Å². The van der Waals surface area contributed by atoms with Crippen molar-refractivity contribution in [3.05, 3.63) is 44.7 Å². The van der Waals surface area contributed by atoms with Crippen LogP contribution >= 0.6 is 31.9 Å². The summed E-state index contributed by atoms with van der Waals surface area (Å²) < 4.78 is 7.53. The topological polar surface area (TPSA) is 35.0 Å². The van der Waals surface area contributed by atoms with Crippen molar-refractivity contribution in [3.8, 4) is 11.6 Å². The standard InChI is InChI=1S/C13H12Br2N2O/c1-3-12-16-11(15)7-13(17-12)18-9-4-5-10(14)8(2)6-9/h4-7H,3H2,1-2H3. The monoisotopic (exact) mass is 370 g/mol. The first-order valence-electron chi connectivity index (χ1n) is 5.56. The Hall–Kier alpha value is -0.940. The van der Waals surface area contributed by atoms with Gasteiger partial charge in [-0.2, -0.15) is 4.98 Å². The molecule has 0 radical (unpaired) electrons. The molecule has 1 aromatic carbocycles. The molecule has 2 aromatic rings. The van der Waals surface area contributed by atoms with E-state index < -0.39 is 0 Å². The Morgan fingerprint density at radius 1 is 1.17 bits per heavy atom. The molecule has 1 heterocycles. The minimum Gasteiger partial charge on any atom is -0.439 e. The summed E-state index contributed by atoms with van der Waals surface area (Å²) in [5, 5.41) is 0. The molecule has 2 rings (SSSR count). The molecule has 0 saturated heterocycles. The van der Waals surface area contributed by atoms with E-state index in [1.54, 1.807) is 6.07 Å². The molecule has 94 valence electrons. The lowest BCUT2D eigenvalue weighted by Crippen LogP contribution is -1.96. The van der Waals surface area contributed by atoms with Gasteiger partial charge >= 0.3 is 0 Å². The van der Waals surface area contributed by atoms with Gasteiger partial charge in [0.25, 0.3) is 0 Å². The van der Waals surface area contributed by atoms with Gasteiger partial charge < -0.3 is 4.74 Å². The first-order chi connectivity index (χ1) is 8.58. The summed E-state index contributed by atoms with van der Waals surface area (Å²) in [4.78, 5) is 8.57. The Morgan fingerprint density at radius 3 is 2.61 bits per heavy atom. The van der Waals surface area contributed by atoms with Gasteiger partial charge in [0.2, 0.25) is 5.88 Å². The minimum atomic E-state index is 0.551. The molecule has 0 amide bonds. The largest absolute Gasteiger partial charge is 0.439 e. The van der Waals surface area contributed by atoms with Crippen molar-refractivity contribution >= 4 is 31.9 Å². The Labute approximate surface area is 123 Å². The molecule has 0 N–H and O–H groups in total. The van der Waals surface area contributed by atoms with Crippen molar-refractivity contribution in [2.45, 2.75) is 20.3 Å². The van der Waals surface area contributed by atoms with Gasteiger partial charge in [0, 0.05) is 17.0 Å². The number of aryl methyl sites for hydroxylation is 2. The number of hydrogen-bond donors (Lipinski definition) is 0. The van der Waals surface area contributed by atoms with Gasteiger partial charge in [-0.3, -0.25) is 0 Å². The maximum atomic E-state index is 5.74. The molecule has 0 aliphatic carbocycles. The van der Waals surface area contributed by atoms with E-state index >= 15 is 0 Å². The van der Waals surface area contributed by atoms with Crippen LogP contribution in [-0.4, -0.2) is 9.97 Å². The van der Waals surface area contributed by atoms with Crippen LogP contribution in [0.25, 0.3) is 0 Å². The van der Waals surface area contributed by atoms with Crippen LogP contribution in [0.4, 0.5) is 0 Å². The molecular formula is C13H12Br2N2O. The van der Waals surface area contributed by atoms with E-state index in [9.17, 15) is 0 Å². The van der Waals surface area contributed by atoms with Gasteiger partial charge in [-0.1, -0.05) is 22.9 Å². The molecule has 0 saturated carbocycles. The molecule has 0 fully saturated rings. The molecule has 0 spiro atoms. The maximum Gasteiger partial charge on any atom is 0.223 e. The van der Waals surface area contributed by atoms with Crippen LogP contribution < -0.4 is 4.74 Å². The molecule has 1 aromatic heterocycles. The van der Waals surface area contributed by atoms with Gasteiger partial charge in [0.05, 0.1) is 0 Å². The van der Waals surface area contributed by atoms with Crippen LogP contribution in [0.5, 0.6) is 11.6 Å². The summed E-state index contributed by atoms with van der Waals surface area (Å²) >= 11 is 6.82. The molecule has 0 aliphatic rings. The third-order valence-electron chi connectivity index (χ3n) is 2.39. The second-order valence-electron chi connectivity index (χ2n) is 3.81. The lowest BCUT2D eigenvalue weighted by molar-refractivity contribution is 0.457. The predicted molar refractivity (Wildman–Crippen MR) is 78.1 cm³/mol. The summed E-state index contributed by atoms with van der Waals surface area (Å²) in [5.41, 5.74) is 1.12. The summed E-state index contributed by atoms with van der Waals surface area (Å²) in [5.74, 6) is 2.08. The van der Waals surface area contributed by atoms with E-state index in [2.05, 4.69) is 41.8 Å². The molecule has 3 nitrogen and oxygen atoms in total. The van der Waals surface area contributed by atoms with Crippen molar-refractivity contribution in [2.75, 3.05) is 0 Å². The van der Waals surface area contributed by atoms with Crippen molar-refractivity contribution in [3.63, 3.8) is 0 Å². The Balaban J connectivity index is 2.27. The summed E-state index contributed by atoms with van der Waals surface area (Å²) in [6, 6.07) is 7.59. The SMILES string of the molecule is CCc1nc(Br)cc(Oc2ccc(Br)c(C)c2)n1. The van der Waals surface area contributed by atoms with Gasteiger partial charge in [-0.15, -0.1) is 0 Å². The molecular weight excluding hydrogens is 360 g/mol. The average Bonchev–Trinajstić information content (AvgIpc) is 2.33. The van der Waals surface area contributed by atoms with Crippen LogP contribution in [0.1, 0.15) is 18.3 Å². The van der Waals surface area contributed by atoms with Crippen molar-refractivity contribution < 1.29 is 4.74 Å². The minimum absolute atomic E-state index is 0.551. The van der Waals surface area contributed by atoms with Crippen LogP contribution in [0.2, 0.25) is 0 Å². The number of aromatic nitrogens is 2. The highest BCUT2D eigenvalue weighted by atomic mass is 79.9. The van der Waals surface area contributed by atoms with E-state index in [1.165, 1.54) is 0 Å².